The maximum absolute atomic E-state index is 6.48. The fourth-order valence-corrected chi connectivity index (χ4v) is 6.48. The molecule has 0 spiro atoms. The van der Waals surface area contributed by atoms with Gasteiger partial charge < -0.3 is 19.1 Å². The van der Waals surface area contributed by atoms with E-state index in [1.54, 1.807) is 0 Å². The average Bonchev–Trinajstić information content (AvgIpc) is 3.64. The molecule has 0 bridgehead atoms. The third-order valence-electron chi connectivity index (χ3n) is 9.00. The van der Waals surface area contributed by atoms with Crippen molar-refractivity contribution in [2.45, 2.75) is 52.9 Å². The van der Waals surface area contributed by atoms with Gasteiger partial charge in [0.05, 0.1) is 5.69 Å². The van der Waals surface area contributed by atoms with E-state index in [1.807, 2.05) is 60.5 Å². The minimum atomic E-state index is -0.0114. The Kier molecular flexibility index (Phi) is 8.73. The van der Waals surface area contributed by atoms with E-state index in [0.29, 0.717) is 17.4 Å². The third-order valence-corrected chi connectivity index (χ3v) is 9.00. The zero-order valence-electron chi connectivity index (χ0n) is 28.9. The van der Waals surface area contributed by atoms with Crippen LogP contribution in [0, 0.1) is 25.7 Å². The van der Waals surface area contributed by atoms with Gasteiger partial charge in [-0.3, -0.25) is 0 Å². The van der Waals surface area contributed by atoms with Gasteiger partial charge in [0.1, 0.15) is 17.5 Å². The van der Waals surface area contributed by atoms with E-state index in [4.69, 9.17) is 19.7 Å². The van der Waals surface area contributed by atoms with Crippen molar-refractivity contribution in [3.8, 4) is 17.3 Å². The Morgan fingerprint density at radius 1 is 0.760 bits per heavy atom. The Morgan fingerprint density at radius 2 is 1.58 bits per heavy atom. The number of para-hydroxylation sites is 1. The molecule has 0 saturated heterocycles. The first-order valence-electron chi connectivity index (χ1n) is 16.6. The minimum absolute atomic E-state index is 0. The number of aromatic nitrogens is 4. The summed E-state index contributed by atoms with van der Waals surface area (Å²) in [5, 5.41) is 2.23. The molecule has 1 aliphatic rings. The summed E-state index contributed by atoms with van der Waals surface area (Å²) in [5.41, 5.74) is 7.25. The second-order valence-corrected chi connectivity index (χ2v) is 13.9. The van der Waals surface area contributed by atoms with Crippen LogP contribution in [0.5, 0.6) is 11.5 Å². The zero-order chi connectivity index (χ0) is 33.9. The van der Waals surface area contributed by atoms with E-state index in [1.165, 1.54) is 11.1 Å². The zero-order valence-corrected chi connectivity index (χ0v) is 31.1. The van der Waals surface area contributed by atoms with Gasteiger partial charge in [-0.25, -0.2) is 15.0 Å². The number of anilines is 4. The van der Waals surface area contributed by atoms with E-state index in [0.717, 1.165) is 56.2 Å². The maximum Gasteiger partial charge on any atom is 0.135 e. The number of benzene rings is 3. The van der Waals surface area contributed by atoms with Crippen molar-refractivity contribution in [3.63, 3.8) is 0 Å². The second-order valence-electron chi connectivity index (χ2n) is 13.9. The number of hydrogen-bond acceptors (Lipinski definition) is 6. The number of aryl methyl sites for hydroxylation is 1. The molecule has 8 rings (SSSR count). The monoisotopic (exact) mass is 836 g/mol. The normalized spacial score (nSPS) is 12.9. The number of hydrogen-bond donors (Lipinski definition) is 0. The van der Waals surface area contributed by atoms with Gasteiger partial charge in [0.25, 0.3) is 0 Å². The molecule has 0 aliphatic carbocycles. The van der Waals surface area contributed by atoms with Gasteiger partial charge in [-0.15, -0.1) is 42.4 Å². The fraction of sp³-hybridized carbons (Fsp3) is 0.190. The molecule has 8 heteroatoms. The fourth-order valence-electron chi connectivity index (χ4n) is 6.48. The van der Waals surface area contributed by atoms with Crippen molar-refractivity contribution in [1.82, 2.24) is 19.5 Å². The Labute approximate surface area is 307 Å². The molecule has 4 aromatic heterocycles. The largest absolute Gasteiger partial charge is 0.509 e. The van der Waals surface area contributed by atoms with E-state index in [9.17, 15) is 0 Å². The molecule has 7 aromatic rings. The molecular formula is C42H37N6OPt-3. The van der Waals surface area contributed by atoms with E-state index < -0.39 is 0 Å². The number of pyridine rings is 3. The molecule has 0 atom stereocenters. The van der Waals surface area contributed by atoms with Crippen LogP contribution in [0.1, 0.15) is 57.2 Å². The first-order valence-corrected chi connectivity index (χ1v) is 16.6. The van der Waals surface area contributed by atoms with Crippen molar-refractivity contribution >= 4 is 44.8 Å². The van der Waals surface area contributed by atoms with Crippen LogP contribution < -0.4 is 14.5 Å². The Balaban J connectivity index is 0.00000392. The minimum Gasteiger partial charge on any atom is -0.509 e. The Bertz CT molecular complexity index is 2360. The van der Waals surface area contributed by atoms with Crippen LogP contribution in [-0.4, -0.2) is 19.5 Å². The summed E-state index contributed by atoms with van der Waals surface area (Å²) in [6.45, 7) is 15.2. The van der Waals surface area contributed by atoms with Crippen LogP contribution >= 0.6 is 0 Å². The smallest absolute Gasteiger partial charge is 0.135 e. The van der Waals surface area contributed by atoms with E-state index in [-0.39, 0.29) is 26.5 Å². The first-order chi connectivity index (χ1) is 23.7. The van der Waals surface area contributed by atoms with Crippen molar-refractivity contribution in [2.75, 3.05) is 9.80 Å². The molecule has 0 radical (unpaired) electrons. The third kappa shape index (κ3) is 5.94. The van der Waals surface area contributed by atoms with Gasteiger partial charge >= 0.3 is 0 Å². The predicted octanol–water partition coefficient (Wildman–Crippen LogP) is 10.5. The molecule has 0 saturated carbocycles. The van der Waals surface area contributed by atoms with Crippen molar-refractivity contribution < 1.29 is 25.8 Å². The molecule has 50 heavy (non-hydrogen) atoms. The van der Waals surface area contributed by atoms with Crippen molar-refractivity contribution in [1.29, 1.82) is 0 Å². The van der Waals surface area contributed by atoms with Gasteiger partial charge in [0.2, 0.25) is 0 Å². The Hall–Kier alpha value is -5.00. The average molecular weight is 837 g/mol. The van der Waals surface area contributed by atoms with Gasteiger partial charge in [-0.2, -0.15) is 12.1 Å². The van der Waals surface area contributed by atoms with Crippen LogP contribution in [-0.2, 0) is 26.5 Å². The van der Waals surface area contributed by atoms with Crippen LogP contribution in [0.25, 0.3) is 27.6 Å². The first kappa shape index (κ1) is 33.5. The number of ether oxygens (including phenoxy) is 1. The Morgan fingerprint density at radius 3 is 2.40 bits per heavy atom. The SMILES string of the molecule is Cc1cnc(N2[CH-]N(c3[c-]c(Oc4[c-]c5c(cc4)c4ccccc4n5-c4cc(C(C)(C)C)ccn4)ccc3)c3ncccc32)c(C(C)C)c1.[Pt]. The van der Waals surface area contributed by atoms with Gasteiger partial charge in [0, 0.05) is 56.7 Å². The second kappa shape index (κ2) is 13.0. The number of fused-ring (bicyclic) bond motifs is 4. The molecule has 5 heterocycles. The van der Waals surface area contributed by atoms with Gasteiger partial charge in [-0.05, 0) is 70.7 Å². The summed E-state index contributed by atoms with van der Waals surface area (Å²) < 4.78 is 8.66. The van der Waals surface area contributed by atoms with Crippen LogP contribution in [0.3, 0.4) is 0 Å². The van der Waals surface area contributed by atoms with Gasteiger partial charge in [-0.1, -0.05) is 70.1 Å². The number of nitrogens with zero attached hydrogens (tertiary/aromatic N) is 6. The molecule has 0 unspecified atom stereocenters. The topological polar surface area (TPSA) is 59.3 Å². The number of rotatable bonds is 6. The summed E-state index contributed by atoms with van der Waals surface area (Å²) in [5.74, 6) is 4.02. The van der Waals surface area contributed by atoms with Crippen molar-refractivity contribution in [3.05, 3.63) is 139 Å². The summed E-state index contributed by atoms with van der Waals surface area (Å²) >= 11 is 0. The summed E-state index contributed by atoms with van der Waals surface area (Å²) in [6, 6.07) is 35.9. The molecule has 0 amide bonds. The van der Waals surface area contributed by atoms with E-state index >= 15 is 0 Å². The summed E-state index contributed by atoms with van der Waals surface area (Å²) in [4.78, 5) is 18.6. The quantitative estimate of drug-likeness (QED) is 0.156. The van der Waals surface area contributed by atoms with Gasteiger partial charge in [0.15, 0.2) is 0 Å². The molecule has 0 fully saturated rings. The molecule has 1 aliphatic heterocycles. The maximum atomic E-state index is 6.48. The van der Waals surface area contributed by atoms with E-state index in [2.05, 4.69) is 118 Å². The van der Waals surface area contributed by atoms with Crippen LogP contribution in [0.4, 0.5) is 23.0 Å². The molecule has 3 aromatic carbocycles. The standard InChI is InChI=1S/C42H37N6O.Pt/c1-27(2)35-21-28(3)25-45-40(35)47-26-46(41-37(47)15-10-19-44-41)30-11-9-12-31(23-30)49-32-16-17-34-33-13-7-8-14-36(33)48(38(34)24-32)39-22-29(18-20-43-39)42(4,5)6;/h7-22,25-27H,1-6H3;/q-3;. The molecule has 254 valence electrons. The predicted molar refractivity (Wildman–Crippen MR) is 197 cm³/mol. The summed E-state index contributed by atoms with van der Waals surface area (Å²) in [6.07, 6.45) is 5.61. The van der Waals surface area contributed by atoms with Crippen LogP contribution in [0.2, 0.25) is 0 Å². The van der Waals surface area contributed by atoms with Crippen molar-refractivity contribution in [2.24, 2.45) is 0 Å². The summed E-state index contributed by atoms with van der Waals surface area (Å²) in [7, 11) is 0. The van der Waals surface area contributed by atoms with Crippen LogP contribution in [0.15, 0.2) is 104 Å². The molecule has 7 nitrogen and oxygen atoms in total. The molecular weight excluding hydrogens is 800 g/mol. The molecule has 0 N–H and O–H groups in total.